The Morgan fingerprint density at radius 2 is 2.21 bits per heavy atom. The van der Waals surface area contributed by atoms with Crippen molar-refractivity contribution in [2.75, 3.05) is 6.54 Å². The maximum absolute atomic E-state index is 12.6. The third-order valence-electron chi connectivity index (χ3n) is 5.39. The number of rotatable bonds is 1. The van der Waals surface area contributed by atoms with Crippen LogP contribution >= 0.6 is 15.9 Å². The molecule has 1 saturated heterocycles. The van der Waals surface area contributed by atoms with Crippen LogP contribution in [0.5, 0.6) is 5.75 Å². The second kappa shape index (κ2) is 7.10. The highest BCUT2D eigenvalue weighted by Gasteiger charge is 2.49. The highest BCUT2D eigenvalue weighted by atomic mass is 79.9. The Balaban J connectivity index is 1.68. The number of hydrogen-bond acceptors (Lipinski definition) is 4. The van der Waals surface area contributed by atoms with Gasteiger partial charge in [-0.15, -0.1) is 0 Å². The van der Waals surface area contributed by atoms with Crippen LogP contribution in [0.2, 0.25) is 0 Å². The lowest BCUT2D eigenvalue weighted by Crippen LogP contribution is -2.55. The highest BCUT2D eigenvalue weighted by Crippen LogP contribution is 2.46. The molecule has 3 heterocycles. The fraction of sp³-hybridized carbons (Fsp3) is 0.455. The van der Waals surface area contributed by atoms with E-state index >= 15 is 0 Å². The fourth-order valence-corrected chi connectivity index (χ4v) is 4.46. The van der Waals surface area contributed by atoms with Crippen LogP contribution < -0.4 is 4.74 Å². The molecule has 0 aliphatic carbocycles. The van der Waals surface area contributed by atoms with E-state index in [0.29, 0.717) is 19.4 Å². The van der Waals surface area contributed by atoms with Crippen LogP contribution in [-0.2, 0) is 15.7 Å². The Hall–Kier alpha value is -2.46. The predicted molar refractivity (Wildman–Crippen MR) is 112 cm³/mol. The summed E-state index contributed by atoms with van der Waals surface area (Å²) in [5.41, 5.74) is 1.87. The minimum atomic E-state index is -0.652. The van der Waals surface area contributed by atoms with Gasteiger partial charge in [-0.25, -0.2) is 4.79 Å². The lowest BCUT2D eigenvalue weighted by molar-refractivity contribution is -0.0392. The molecule has 1 aromatic heterocycles. The molecule has 4 rings (SSSR count). The molecule has 1 fully saturated rings. The minimum Gasteiger partial charge on any atom is -0.479 e. The molecule has 1 spiro atoms. The van der Waals surface area contributed by atoms with Gasteiger partial charge in [0.25, 0.3) is 0 Å². The number of ether oxygens (including phenoxy) is 2. The molecular weight excluding hydrogens is 434 g/mol. The SMILES string of the molecule is CC(C)(C)OC(=O)N1CCC2(CC1C#N)Oc1cc(CBr)ccc1-n1cccc12. The summed E-state index contributed by atoms with van der Waals surface area (Å²) < 4.78 is 14.2. The van der Waals surface area contributed by atoms with E-state index in [1.807, 2.05) is 45.2 Å². The first-order valence-corrected chi connectivity index (χ1v) is 10.8. The largest absolute Gasteiger partial charge is 0.479 e. The summed E-state index contributed by atoms with van der Waals surface area (Å²) in [6.45, 7) is 5.87. The van der Waals surface area contributed by atoms with Crippen molar-refractivity contribution in [2.45, 2.75) is 56.2 Å². The average molecular weight is 458 g/mol. The van der Waals surface area contributed by atoms with Gasteiger partial charge in [-0.3, -0.25) is 4.90 Å². The Morgan fingerprint density at radius 1 is 1.41 bits per heavy atom. The van der Waals surface area contributed by atoms with Crippen molar-refractivity contribution >= 4 is 22.0 Å². The van der Waals surface area contributed by atoms with Crippen molar-refractivity contribution in [1.29, 1.82) is 5.26 Å². The monoisotopic (exact) mass is 457 g/mol. The first-order chi connectivity index (χ1) is 13.8. The van der Waals surface area contributed by atoms with Crippen LogP contribution in [0.15, 0.2) is 36.5 Å². The van der Waals surface area contributed by atoms with Crippen molar-refractivity contribution in [3.8, 4) is 17.5 Å². The van der Waals surface area contributed by atoms with E-state index in [-0.39, 0.29) is 0 Å². The number of piperidine rings is 1. The zero-order chi connectivity index (χ0) is 20.8. The van der Waals surface area contributed by atoms with E-state index in [0.717, 1.165) is 28.0 Å². The van der Waals surface area contributed by atoms with Gasteiger partial charge in [0.2, 0.25) is 0 Å². The number of nitriles is 1. The molecule has 7 heteroatoms. The number of hydrogen-bond donors (Lipinski definition) is 0. The normalized spacial score (nSPS) is 23.0. The van der Waals surface area contributed by atoms with Crippen molar-refractivity contribution in [2.24, 2.45) is 0 Å². The maximum atomic E-state index is 12.6. The van der Waals surface area contributed by atoms with Gasteiger partial charge in [0, 0.05) is 30.9 Å². The molecule has 29 heavy (non-hydrogen) atoms. The zero-order valence-corrected chi connectivity index (χ0v) is 18.4. The van der Waals surface area contributed by atoms with Gasteiger partial charge in [-0.1, -0.05) is 22.0 Å². The summed E-state index contributed by atoms with van der Waals surface area (Å²) in [6.07, 6.45) is 2.55. The van der Waals surface area contributed by atoms with Crippen molar-refractivity contribution in [3.05, 3.63) is 47.8 Å². The summed E-state index contributed by atoms with van der Waals surface area (Å²) in [4.78, 5) is 14.2. The second-order valence-corrected chi connectivity index (χ2v) is 9.13. The Morgan fingerprint density at radius 3 is 2.90 bits per heavy atom. The average Bonchev–Trinajstić information content (AvgIpc) is 3.17. The molecule has 2 aliphatic rings. The van der Waals surface area contributed by atoms with E-state index in [1.165, 1.54) is 4.90 Å². The fourth-order valence-electron chi connectivity index (χ4n) is 4.11. The Labute approximate surface area is 179 Å². The van der Waals surface area contributed by atoms with Crippen LogP contribution in [0, 0.1) is 11.3 Å². The van der Waals surface area contributed by atoms with Crippen LogP contribution in [0.3, 0.4) is 0 Å². The Bertz CT molecular complexity index is 988. The molecule has 6 nitrogen and oxygen atoms in total. The topological polar surface area (TPSA) is 67.5 Å². The standard InChI is InChI=1S/C22H24BrN3O3/c1-21(2,3)29-20(27)25-10-8-22(12-16(25)14-24)19-5-4-9-26(19)17-7-6-15(13-23)11-18(17)28-22/h4-7,9,11,16H,8,10,12-13H2,1-3H3. The molecule has 0 bridgehead atoms. The van der Waals surface area contributed by atoms with Crippen LogP contribution in [0.25, 0.3) is 5.69 Å². The van der Waals surface area contributed by atoms with E-state index in [4.69, 9.17) is 9.47 Å². The van der Waals surface area contributed by atoms with Crippen LogP contribution in [-0.4, -0.2) is 33.7 Å². The molecule has 0 radical (unpaired) electrons. The molecule has 1 amide bonds. The Kier molecular flexibility index (Phi) is 4.86. The zero-order valence-electron chi connectivity index (χ0n) is 16.8. The number of alkyl halides is 1. The smallest absolute Gasteiger partial charge is 0.411 e. The third kappa shape index (κ3) is 3.51. The van der Waals surface area contributed by atoms with Gasteiger partial charge in [0.05, 0.1) is 17.5 Å². The molecule has 0 N–H and O–H groups in total. The summed E-state index contributed by atoms with van der Waals surface area (Å²) in [7, 11) is 0. The minimum absolute atomic E-state index is 0.394. The number of carbonyl (C=O) groups excluding carboxylic acids is 1. The van der Waals surface area contributed by atoms with Gasteiger partial charge >= 0.3 is 6.09 Å². The highest BCUT2D eigenvalue weighted by molar-refractivity contribution is 9.08. The molecule has 2 aliphatic heterocycles. The van der Waals surface area contributed by atoms with Gasteiger partial charge in [0.15, 0.2) is 5.60 Å². The summed E-state index contributed by atoms with van der Waals surface area (Å²) in [5.74, 6) is 0.799. The molecule has 2 atom stereocenters. The number of aromatic nitrogens is 1. The van der Waals surface area contributed by atoms with Gasteiger partial charge in [-0.05, 0) is 50.6 Å². The maximum Gasteiger partial charge on any atom is 0.411 e. The number of fused-ring (bicyclic) bond motifs is 4. The molecule has 152 valence electrons. The third-order valence-corrected chi connectivity index (χ3v) is 6.04. The predicted octanol–water partition coefficient (Wildman–Crippen LogP) is 4.88. The summed E-state index contributed by atoms with van der Waals surface area (Å²) in [5, 5.41) is 10.6. The van der Waals surface area contributed by atoms with Crippen molar-refractivity contribution in [3.63, 3.8) is 0 Å². The van der Waals surface area contributed by atoms with Crippen molar-refractivity contribution in [1.82, 2.24) is 9.47 Å². The van der Waals surface area contributed by atoms with Crippen molar-refractivity contribution < 1.29 is 14.3 Å². The van der Waals surface area contributed by atoms with Crippen LogP contribution in [0.4, 0.5) is 4.79 Å². The summed E-state index contributed by atoms with van der Waals surface area (Å²) >= 11 is 3.50. The second-order valence-electron chi connectivity index (χ2n) is 8.57. The molecule has 1 aromatic carbocycles. The van der Waals surface area contributed by atoms with Gasteiger partial charge in [0.1, 0.15) is 17.4 Å². The van der Waals surface area contributed by atoms with Crippen LogP contribution in [0.1, 0.15) is 44.9 Å². The van der Waals surface area contributed by atoms with Gasteiger partial charge in [-0.2, -0.15) is 5.26 Å². The van der Waals surface area contributed by atoms with E-state index in [9.17, 15) is 10.1 Å². The molecule has 2 aromatic rings. The number of benzene rings is 1. The molecular formula is C22H24BrN3O3. The lowest BCUT2D eigenvalue weighted by Gasteiger charge is -2.46. The molecule has 0 saturated carbocycles. The molecule has 2 unspecified atom stereocenters. The quantitative estimate of drug-likeness (QED) is 0.572. The first kappa shape index (κ1) is 19.8. The first-order valence-electron chi connectivity index (χ1n) is 9.72. The van der Waals surface area contributed by atoms with E-state index in [2.05, 4.69) is 38.7 Å². The number of halogens is 1. The number of amides is 1. The lowest BCUT2D eigenvalue weighted by atomic mass is 9.82. The van der Waals surface area contributed by atoms with E-state index in [1.54, 1.807) is 0 Å². The number of nitrogens with zero attached hydrogens (tertiary/aromatic N) is 3. The number of carbonyl (C=O) groups is 1. The number of likely N-dealkylation sites (tertiary alicyclic amines) is 1. The van der Waals surface area contributed by atoms with E-state index < -0.39 is 23.3 Å². The van der Waals surface area contributed by atoms with Gasteiger partial charge < -0.3 is 14.0 Å². The summed E-state index contributed by atoms with van der Waals surface area (Å²) in [6, 6.07) is 11.9.